The van der Waals surface area contributed by atoms with E-state index in [4.69, 9.17) is 17.3 Å². The molecule has 15 heavy (non-hydrogen) atoms. The lowest BCUT2D eigenvalue weighted by Gasteiger charge is -2.01. The highest BCUT2D eigenvalue weighted by molar-refractivity contribution is 6.30. The van der Waals surface area contributed by atoms with Crippen LogP contribution in [0.1, 0.15) is 25.6 Å². The van der Waals surface area contributed by atoms with Crippen molar-refractivity contribution in [1.82, 2.24) is 14.6 Å². The van der Waals surface area contributed by atoms with Gasteiger partial charge in [0.25, 0.3) is 0 Å². The molecule has 2 aromatic heterocycles. The van der Waals surface area contributed by atoms with Crippen LogP contribution in [0.3, 0.4) is 0 Å². The Balaban J connectivity index is 2.49. The minimum atomic E-state index is 0.567. The average molecular weight is 225 g/mol. The Labute approximate surface area is 93.1 Å². The maximum absolute atomic E-state index is 5.93. The minimum absolute atomic E-state index is 0.567. The van der Waals surface area contributed by atoms with Gasteiger partial charge in [0.1, 0.15) is 5.82 Å². The summed E-state index contributed by atoms with van der Waals surface area (Å²) < 4.78 is 1.87. The maximum Gasteiger partial charge on any atom is 0.184 e. The van der Waals surface area contributed by atoms with Gasteiger partial charge in [-0.1, -0.05) is 24.9 Å². The van der Waals surface area contributed by atoms with E-state index < -0.39 is 0 Å². The molecule has 2 heterocycles. The normalized spacial score (nSPS) is 11.1. The number of nitrogens with zero attached hydrogens (tertiary/aromatic N) is 3. The molecule has 0 aliphatic carbocycles. The average Bonchev–Trinajstić information content (AvgIpc) is 2.58. The van der Waals surface area contributed by atoms with E-state index in [0.717, 1.165) is 25.1 Å². The van der Waals surface area contributed by atoms with Crippen LogP contribution in [0, 0.1) is 0 Å². The molecule has 0 amide bonds. The van der Waals surface area contributed by atoms with Crippen LogP contribution in [0.15, 0.2) is 12.3 Å². The van der Waals surface area contributed by atoms with Gasteiger partial charge in [-0.15, -0.1) is 10.2 Å². The van der Waals surface area contributed by atoms with Crippen LogP contribution in [-0.4, -0.2) is 14.6 Å². The SMILES string of the molecule is CCCCc1nnc2c(N)cc(Cl)cn12. The molecule has 0 saturated carbocycles. The second-order valence-corrected chi connectivity index (χ2v) is 3.96. The summed E-state index contributed by atoms with van der Waals surface area (Å²) in [5, 5.41) is 8.76. The Morgan fingerprint density at radius 2 is 2.27 bits per heavy atom. The smallest absolute Gasteiger partial charge is 0.184 e. The first-order valence-electron chi connectivity index (χ1n) is 5.01. The summed E-state index contributed by atoms with van der Waals surface area (Å²) in [6, 6.07) is 1.69. The van der Waals surface area contributed by atoms with E-state index >= 15 is 0 Å². The number of halogens is 1. The molecular formula is C10H13ClN4. The van der Waals surface area contributed by atoms with Gasteiger partial charge in [0, 0.05) is 12.6 Å². The molecule has 0 aliphatic heterocycles. The summed E-state index contributed by atoms with van der Waals surface area (Å²) in [5.74, 6) is 0.918. The molecular weight excluding hydrogens is 212 g/mol. The van der Waals surface area contributed by atoms with Crippen LogP contribution in [-0.2, 0) is 6.42 Å². The number of aromatic nitrogens is 3. The number of unbranched alkanes of at least 4 members (excludes halogenated alkanes) is 1. The van der Waals surface area contributed by atoms with Gasteiger partial charge in [-0.25, -0.2) is 0 Å². The van der Waals surface area contributed by atoms with E-state index in [1.165, 1.54) is 0 Å². The molecule has 0 atom stereocenters. The van der Waals surface area contributed by atoms with Crippen LogP contribution < -0.4 is 5.73 Å². The molecule has 2 rings (SSSR count). The van der Waals surface area contributed by atoms with Gasteiger partial charge >= 0.3 is 0 Å². The molecule has 0 saturated heterocycles. The third-order valence-corrected chi connectivity index (χ3v) is 2.53. The summed E-state index contributed by atoms with van der Waals surface area (Å²) in [7, 11) is 0. The molecule has 4 nitrogen and oxygen atoms in total. The van der Waals surface area contributed by atoms with Crippen LogP contribution in [0.5, 0.6) is 0 Å². The van der Waals surface area contributed by atoms with Gasteiger partial charge in [-0.2, -0.15) is 0 Å². The molecule has 80 valence electrons. The predicted octanol–water partition coefficient (Wildman–Crippen LogP) is 2.31. The highest BCUT2D eigenvalue weighted by Crippen LogP contribution is 2.19. The summed E-state index contributed by atoms with van der Waals surface area (Å²) in [4.78, 5) is 0. The van der Waals surface area contributed by atoms with Crippen molar-refractivity contribution in [3.63, 3.8) is 0 Å². The molecule has 0 fully saturated rings. The first kappa shape index (κ1) is 10.2. The zero-order chi connectivity index (χ0) is 10.8. The van der Waals surface area contributed by atoms with E-state index in [-0.39, 0.29) is 0 Å². The Bertz CT molecular complexity index is 477. The van der Waals surface area contributed by atoms with E-state index in [1.807, 2.05) is 4.40 Å². The lowest BCUT2D eigenvalue weighted by atomic mass is 10.2. The number of nitrogen functional groups attached to an aromatic ring is 1. The quantitative estimate of drug-likeness (QED) is 0.871. The van der Waals surface area contributed by atoms with Crippen molar-refractivity contribution < 1.29 is 0 Å². The van der Waals surface area contributed by atoms with Crippen molar-refractivity contribution in [1.29, 1.82) is 0 Å². The standard InChI is InChI=1S/C10H13ClN4/c1-2-3-4-9-13-14-10-8(12)5-7(11)6-15(9)10/h5-6H,2-4,12H2,1H3. The largest absolute Gasteiger partial charge is 0.396 e. The number of hydrogen-bond acceptors (Lipinski definition) is 3. The van der Waals surface area contributed by atoms with Crippen molar-refractivity contribution in [2.75, 3.05) is 5.73 Å². The molecule has 2 N–H and O–H groups in total. The van der Waals surface area contributed by atoms with Crippen molar-refractivity contribution in [2.45, 2.75) is 26.2 Å². The predicted molar refractivity (Wildman–Crippen MR) is 61.0 cm³/mol. The van der Waals surface area contributed by atoms with Crippen LogP contribution in [0.2, 0.25) is 5.02 Å². The van der Waals surface area contributed by atoms with Gasteiger partial charge in [0.15, 0.2) is 5.65 Å². The fourth-order valence-corrected chi connectivity index (χ4v) is 1.75. The van der Waals surface area contributed by atoms with Crippen LogP contribution >= 0.6 is 11.6 Å². The molecule has 0 bridgehead atoms. The number of nitrogens with two attached hydrogens (primary N) is 1. The van der Waals surface area contributed by atoms with E-state index in [2.05, 4.69) is 17.1 Å². The number of rotatable bonds is 3. The second-order valence-electron chi connectivity index (χ2n) is 3.53. The van der Waals surface area contributed by atoms with Gasteiger partial charge in [0.05, 0.1) is 10.7 Å². The molecule has 5 heteroatoms. The fourth-order valence-electron chi connectivity index (χ4n) is 1.54. The van der Waals surface area contributed by atoms with Gasteiger partial charge < -0.3 is 5.73 Å². The summed E-state index contributed by atoms with van der Waals surface area (Å²) in [5.41, 5.74) is 7.04. The number of fused-ring (bicyclic) bond motifs is 1. The summed E-state index contributed by atoms with van der Waals surface area (Å²) >= 11 is 5.93. The zero-order valence-electron chi connectivity index (χ0n) is 8.57. The maximum atomic E-state index is 5.93. The third-order valence-electron chi connectivity index (χ3n) is 2.32. The third kappa shape index (κ3) is 1.90. The first-order valence-corrected chi connectivity index (χ1v) is 5.38. The van der Waals surface area contributed by atoms with E-state index in [1.54, 1.807) is 12.3 Å². The Morgan fingerprint density at radius 3 is 3.00 bits per heavy atom. The van der Waals surface area contributed by atoms with Crippen LogP contribution in [0.4, 0.5) is 5.69 Å². The number of anilines is 1. The molecule has 2 aromatic rings. The molecule has 0 unspecified atom stereocenters. The van der Waals surface area contributed by atoms with Crippen molar-refractivity contribution in [2.24, 2.45) is 0 Å². The van der Waals surface area contributed by atoms with Crippen molar-refractivity contribution in [3.05, 3.63) is 23.1 Å². The van der Waals surface area contributed by atoms with Crippen molar-refractivity contribution >= 4 is 22.9 Å². The summed E-state index contributed by atoms with van der Waals surface area (Å²) in [6.07, 6.45) is 4.92. The zero-order valence-corrected chi connectivity index (χ0v) is 9.33. The van der Waals surface area contributed by atoms with Gasteiger partial charge in [0.2, 0.25) is 0 Å². The Hall–Kier alpha value is -1.29. The van der Waals surface area contributed by atoms with E-state index in [9.17, 15) is 0 Å². The minimum Gasteiger partial charge on any atom is -0.396 e. The van der Waals surface area contributed by atoms with Gasteiger partial charge in [-0.05, 0) is 12.5 Å². The molecule has 0 spiro atoms. The van der Waals surface area contributed by atoms with E-state index in [0.29, 0.717) is 16.4 Å². The summed E-state index contributed by atoms with van der Waals surface area (Å²) in [6.45, 7) is 2.14. The monoisotopic (exact) mass is 224 g/mol. The number of pyridine rings is 1. The lowest BCUT2D eigenvalue weighted by molar-refractivity contribution is 0.743. The molecule has 0 aliphatic rings. The second kappa shape index (κ2) is 4.06. The Morgan fingerprint density at radius 1 is 1.47 bits per heavy atom. The number of aryl methyl sites for hydroxylation is 1. The van der Waals surface area contributed by atoms with Crippen molar-refractivity contribution in [3.8, 4) is 0 Å². The number of hydrogen-bond donors (Lipinski definition) is 1. The first-order chi connectivity index (χ1) is 7.22. The fraction of sp³-hybridized carbons (Fsp3) is 0.400. The van der Waals surface area contributed by atoms with Gasteiger partial charge in [-0.3, -0.25) is 4.40 Å². The highest BCUT2D eigenvalue weighted by atomic mass is 35.5. The lowest BCUT2D eigenvalue weighted by Crippen LogP contribution is -1.97. The van der Waals surface area contributed by atoms with Crippen LogP contribution in [0.25, 0.3) is 5.65 Å². The molecule has 0 radical (unpaired) electrons. The highest BCUT2D eigenvalue weighted by Gasteiger charge is 2.08. The Kier molecular flexibility index (Phi) is 2.77. The molecule has 0 aromatic carbocycles. The topological polar surface area (TPSA) is 56.2 Å².